The number of aryl methyl sites for hydroxylation is 1. The molecule has 0 fully saturated rings. The lowest BCUT2D eigenvalue weighted by atomic mass is 9.99. The normalized spacial score (nSPS) is 13.0. The molecule has 1 aromatic heterocycles. The predicted molar refractivity (Wildman–Crippen MR) is 124 cm³/mol. The molecule has 162 valence electrons. The monoisotopic (exact) mass is 468 g/mol. The second-order valence-electron chi connectivity index (χ2n) is 7.51. The Morgan fingerprint density at radius 2 is 1.81 bits per heavy atom. The van der Waals surface area contributed by atoms with Crippen LogP contribution in [0.25, 0.3) is 22.1 Å². The Labute approximate surface area is 194 Å². The quantitative estimate of drug-likeness (QED) is 0.319. The molecule has 5 rings (SSSR count). The summed E-state index contributed by atoms with van der Waals surface area (Å²) in [5.41, 5.74) is 3.90. The van der Waals surface area contributed by atoms with Gasteiger partial charge in [0.25, 0.3) is 0 Å². The molecule has 0 amide bonds. The van der Waals surface area contributed by atoms with E-state index in [0.29, 0.717) is 33.5 Å². The summed E-state index contributed by atoms with van der Waals surface area (Å²) >= 11 is 12.2. The molecule has 0 unspecified atom stereocenters. The van der Waals surface area contributed by atoms with Crippen molar-refractivity contribution < 1.29 is 18.6 Å². The molecule has 0 aliphatic carbocycles. The van der Waals surface area contributed by atoms with E-state index in [9.17, 15) is 4.79 Å². The van der Waals surface area contributed by atoms with E-state index in [1.807, 2.05) is 25.1 Å². The summed E-state index contributed by atoms with van der Waals surface area (Å²) < 4.78 is 22.6. The van der Waals surface area contributed by atoms with E-state index in [4.69, 9.17) is 41.8 Å². The molecular weight excluding hydrogens is 451 g/mol. The van der Waals surface area contributed by atoms with Crippen LogP contribution in [0.4, 0.5) is 0 Å². The fraction of sp³-hybridized carbons (Fsp3) is 0.160. The first-order chi connectivity index (χ1) is 15.5. The van der Waals surface area contributed by atoms with Crippen LogP contribution in [0.1, 0.15) is 16.7 Å². The summed E-state index contributed by atoms with van der Waals surface area (Å²) in [6.45, 7) is 2.82. The van der Waals surface area contributed by atoms with E-state index < -0.39 is 5.63 Å². The minimum absolute atomic E-state index is 0.198. The van der Waals surface area contributed by atoms with Gasteiger partial charge in [0.1, 0.15) is 23.7 Å². The number of halogens is 2. The van der Waals surface area contributed by atoms with Crippen molar-refractivity contribution in [3.63, 3.8) is 0 Å². The number of benzene rings is 3. The molecule has 0 bridgehead atoms. The van der Waals surface area contributed by atoms with Gasteiger partial charge in [-0.2, -0.15) is 0 Å². The van der Waals surface area contributed by atoms with Crippen LogP contribution in [-0.4, -0.2) is 6.79 Å². The zero-order valence-corrected chi connectivity index (χ0v) is 18.6. The van der Waals surface area contributed by atoms with Gasteiger partial charge in [-0.15, -0.1) is 0 Å². The molecule has 3 aromatic carbocycles. The van der Waals surface area contributed by atoms with E-state index in [2.05, 4.69) is 0 Å². The number of hydrogen-bond donors (Lipinski definition) is 0. The highest BCUT2D eigenvalue weighted by Crippen LogP contribution is 2.34. The van der Waals surface area contributed by atoms with Gasteiger partial charge in [-0.25, -0.2) is 4.79 Å². The Morgan fingerprint density at radius 3 is 2.62 bits per heavy atom. The smallest absolute Gasteiger partial charge is 0.344 e. The largest absolute Gasteiger partial charge is 0.489 e. The highest BCUT2D eigenvalue weighted by atomic mass is 35.5. The van der Waals surface area contributed by atoms with Crippen molar-refractivity contribution in [1.82, 2.24) is 0 Å². The minimum atomic E-state index is -0.393. The second kappa shape index (κ2) is 8.51. The predicted octanol–water partition coefficient (Wildman–Crippen LogP) is 6.52. The number of rotatable bonds is 4. The molecule has 0 N–H and O–H groups in total. The lowest BCUT2D eigenvalue weighted by Crippen LogP contribution is -2.14. The molecule has 32 heavy (non-hydrogen) atoms. The van der Waals surface area contributed by atoms with Gasteiger partial charge in [0.05, 0.1) is 12.2 Å². The highest BCUT2D eigenvalue weighted by Gasteiger charge is 2.18. The Hall–Kier alpha value is -2.99. The lowest BCUT2D eigenvalue weighted by Gasteiger charge is -2.21. The van der Waals surface area contributed by atoms with Crippen LogP contribution in [0.3, 0.4) is 0 Å². The zero-order chi connectivity index (χ0) is 22.2. The van der Waals surface area contributed by atoms with Gasteiger partial charge in [0.2, 0.25) is 0 Å². The molecule has 4 aromatic rings. The number of hydrogen-bond acceptors (Lipinski definition) is 5. The van der Waals surface area contributed by atoms with E-state index in [-0.39, 0.29) is 13.4 Å². The van der Waals surface area contributed by atoms with E-state index in [0.717, 1.165) is 33.4 Å². The van der Waals surface area contributed by atoms with Crippen LogP contribution in [0.15, 0.2) is 63.8 Å². The van der Waals surface area contributed by atoms with E-state index >= 15 is 0 Å². The van der Waals surface area contributed by atoms with Gasteiger partial charge in [-0.05, 0) is 60.5 Å². The molecule has 0 saturated carbocycles. The van der Waals surface area contributed by atoms with Gasteiger partial charge in [0.15, 0.2) is 6.79 Å². The lowest BCUT2D eigenvalue weighted by molar-refractivity contribution is -0.0175. The molecule has 1 aliphatic rings. The SMILES string of the molecule is Cc1c(-c2ccc(Cl)cc2)c(=O)oc2ccc(OCc3cc(Cl)cc4c3OCOC4)cc12. The summed E-state index contributed by atoms with van der Waals surface area (Å²) in [6.07, 6.45) is 0. The van der Waals surface area contributed by atoms with Crippen LogP contribution in [0.5, 0.6) is 11.5 Å². The van der Waals surface area contributed by atoms with Crippen LogP contribution < -0.4 is 15.1 Å². The fourth-order valence-corrected chi connectivity index (χ4v) is 4.28. The van der Waals surface area contributed by atoms with Gasteiger partial charge >= 0.3 is 5.63 Å². The van der Waals surface area contributed by atoms with Crippen molar-refractivity contribution in [2.24, 2.45) is 0 Å². The summed E-state index contributed by atoms with van der Waals surface area (Å²) in [5, 5.41) is 2.00. The molecule has 0 atom stereocenters. The zero-order valence-electron chi connectivity index (χ0n) is 17.1. The molecule has 0 radical (unpaired) electrons. The molecule has 1 aliphatic heterocycles. The molecule has 0 saturated heterocycles. The minimum Gasteiger partial charge on any atom is -0.489 e. The first-order valence-corrected chi connectivity index (χ1v) is 10.7. The van der Waals surface area contributed by atoms with E-state index in [1.165, 1.54) is 0 Å². The molecule has 7 heteroatoms. The molecule has 0 spiro atoms. The molecule has 2 heterocycles. The van der Waals surface area contributed by atoms with Crippen LogP contribution in [0, 0.1) is 6.92 Å². The van der Waals surface area contributed by atoms with Gasteiger partial charge in [-0.1, -0.05) is 35.3 Å². The summed E-state index contributed by atoms with van der Waals surface area (Å²) in [5.74, 6) is 1.38. The van der Waals surface area contributed by atoms with Crippen molar-refractivity contribution in [1.29, 1.82) is 0 Å². The summed E-state index contributed by atoms with van der Waals surface area (Å²) in [7, 11) is 0. The van der Waals surface area contributed by atoms with E-state index in [1.54, 1.807) is 36.4 Å². The fourth-order valence-electron chi connectivity index (χ4n) is 3.90. The Balaban J connectivity index is 1.49. The highest BCUT2D eigenvalue weighted by molar-refractivity contribution is 6.31. The third-order valence-corrected chi connectivity index (χ3v) is 5.89. The summed E-state index contributed by atoms with van der Waals surface area (Å²) in [6, 6.07) is 16.1. The van der Waals surface area contributed by atoms with Crippen molar-refractivity contribution in [3.05, 3.63) is 91.8 Å². The van der Waals surface area contributed by atoms with Gasteiger partial charge in [-0.3, -0.25) is 0 Å². The molecular formula is C25H18Cl2O5. The third-order valence-electron chi connectivity index (χ3n) is 5.42. The van der Waals surface area contributed by atoms with Crippen LogP contribution >= 0.6 is 23.2 Å². The number of fused-ring (bicyclic) bond motifs is 2. The maximum absolute atomic E-state index is 12.6. The van der Waals surface area contributed by atoms with Gasteiger partial charge < -0.3 is 18.6 Å². The maximum Gasteiger partial charge on any atom is 0.344 e. The van der Waals surface area contributed by atoms with Crippen molar-refractivity contribution in [3.8, 4) is 22.6 Å². The average Bonchev–Trinajstić information content (AvgIpc) is 2.79. The number of ether oxygens (including phenoxy) is 3. The van der Waals surface area contributed by atoms with Crippen molar-refractivity contribution in [2.45, 2.75) is 20.1 Å². The average molecular weight is 469 g/mol. The standard InChI is InChI=1S/C25H18Cl2O5/c1-14-21-10-20(30-12-17-9-19(27)8-16-11-29-13-31-24(16)17)6-7-22(21)32-25(28)23(14)15-2-4-18(26)5-3-15/h2-10H,11-13H2,1H3. The van der Waals surface area contributed by atoms with Crippen molar-refractivity contribution >= 4 is 34.2 Å². The van der Waals surface area contributed by atoms with Crippen molar-refractivity contribution in [2.75, 3.05) is 6.79 Å². The molecule has 5 nitrogen and oxygen atoms in total. The Kier molecular flexibility index (Phi) is 5.55. The first-order valence-electron chi connectivity index (χ1n) is 9.97. The van der Waals surface area contributed by atoms with Crippen LogP contribution in [-0.2, 0) is 18.0 Å². The van der Waals surface area contributed by atoms with Gasteiger partial charge in [0, 0.05) is 26.6 Å². The first kappa shape index (κ1) is 20.9. The summed E-state index contributed by atoms with van der Waals surface area (Å²) in [4.78, 5) is 12.6. The second-order valence-corrected chi connectivity index (χ2v) is 8.38. The third kappa shape index (κ3) is 3.95. The van der Waals surface area contributed by atoms with Crippen LogP contribution in [0.2, 0.25) is 10.0 Å². The Bertz CT molecular complexity index is 1380. The Morgan fingerprint density at radius 1 is 1.00 bits per heavy atom. The topological polar surface area (TPSA) is 57.9 Å². The maximum atomic E-state index is 12.6.